The zero-order valence-corrected chi connectivity index (χ0v) is 15.5. The van der Waals surface area contributed by atoms with Gasteiger partial charge >= 0.3 is 0 Å². The van der Waals surface area contributed by atoms with Crippen LogP contribution >= 0.6 is 11.6 Å². The molecule has 1 amide bonds. The number of carbonyl (C=O) groups is 1. The summed E-state index contributed by atoms with van der Waals surface area (Å²) in [6, 6.07) is 2.86. The lowest BCUT2D eigenvalue weighted by molar-refractivity contribution is 0.0597. The zero-order chi connectivity index (χ0) is 18.3. The smallest absolute Gasteiger partial charge is 0.253 e. The Hall–Kier alpha value is -1.59. The number of fused-ring (bicyclic) bond motifs is 4. The summed E-state index contributed by atoms with van der Waals surface area (Å²) in [5.74, 6) is 0.114. The summed E-state index contributed by atoms with van der Waals surface area (Å²) in [5.41, 5.74) is 1.06. The molecule has 3 aliphatic carbocycles. The van der Waals surface area contributed by atoms with Gasteiger partial charge in [-0.25, -0.2) is 4.39 Å². The summed E-state index contributed by atoms with van der Waals surface area (Å²) in [6.45, 7) is 0.846. The predicted octanol–water partition coefficient (Wildman–Crippen LogP) is 4.13. The number of hydrogen-bond acceptors (Lipinski definition) is 2. The third-order valence-electron chi connectivity index (χ3n) is 6.36. The van der Waals surface area contributed by atoms with Crippen LogP contribution in [0.4, 0.5) is 4.39 Å². The number of hydrogen-bond donors (Lipinski definition) is 2. The van der Waals surface area contributed by atoms with E-state index in [0.717, 1.165) is 5.92 Å². The molecule has 3 aliphatic rings. The van der Waals surface area contributed by atoms with Crippen LogP contribution in [0.2, 0.25) is 5.02 Å². The molecule has 1 aromatic heterocycles. The van der Waals surface area contributed by atoms with Crippen molar-refractivity contribution in [1.29, 1.82) is 0 Å². The molecule has 0 saturated heterocycles. The number of aromatic nitrogens is 1. The van der Waals surface area contributed by atoms with Crippen LogP contribution < -0.4 is 5.32 Å². The highest BCUT2D eigenvalue weighted by molar-refractivity contribution is 6.31. The topological polar surface area (TPSA) is 54.3 Å². The lowest BCUT2D eigenvalue weighted by Crippen LogP contribution is -2.43. The number of aliphatic hydroxyl groups is 1. The van der Waals surface area contributed by atoms with Gasteiger partial charge in [0.25, 0.3) is 5.91 Å². The minimum absolute atomic E-state index is 0.0940. The maximum Gasteiger partial charge on any atom is 0.253 e. The fourth-order valence-electron chi connectivity index (χ4n) is 4.78. The minimum atomic E-state index is -0.509. The molecule has 0 atom stereocenters. The molecule has 0 spiro atoms. The highest BCUT2D eigenvalue weighted by Crippen LogP contribution is 2.49. The summed E-state index contributed by atoms with van der Waals surface area (Å²) in [7, 11) is 0. The molecular weight excluding hydrogens is 355 g/mol. The molecule has 0 aliphatic heterocycles. The molecule has 0 unspecified atom stereocenters. The Kier molecular flexibility index (Phi) is 4.70. The highest BCUT2D eigenvalue weighted by Gasteiger charge is 2.40. The lowest BCUT2D eigenvalue weighted by Gasteiger charge is -2.46. The molecule has 1 heterocycles. The van der Waals surface area contributed by atoms with Gasteiger partial charge in [0.2, 0.25) is 0 Å². The number of halogens is 2. The molecule has 4 nitrogen and oxygen atoms in total. The van der Waals surface area contributed by atoms with Crippen LogP contribution in [0, 0.1) is 17.2 Å². The Morgan fingerprint density at radius 1 is 1.31 bits per heavy atom. The Balaban J connectivity index is 1.60. The second-order valence-electron chi connectivity index (χ2n) is 7.91. The summed E-state index contributed by atoms with van der Waals surface area (Å²) < 4.78 is 16.2. The van der Waals surface area contributed by atoms with Crippen LogP contribution in [0.3, 0.4) is 0 Å². The first kappa shape index (κ1) is 17.8. The van der Waals surface area contributed by atoms with Crippen molar-refractivity contribution in [1.82, 2.24) is 9.88 Å². The zero-order valence-electron chi connectivity index (χ0n) is 14.7. The molecule has 2 N–H and O–H groups in total. The Labute approximate surface area is 157 Å². The van der Waals surface area contributed by atoms with E-state index in [0.29, 0.717) is 17.6 Å². The third-order valence-corrected chi connectivity index (χ3v) is 6.57. The van der Waals surface area contributed by atoms with Crippen LogP contribution in [0.15, 0.2) is 18.3 Å². The predicted molar refractivity (Wildman–Crippen MR) is 100.0 cm³/mol. The fourth-order valence-corrected chi connectivity index (χ4v) is 4.97. The van der Waals surface area contributed by atoms with Crippen molar-refractivity contribution in [3.05, 3.63) is 34.7 Å². The van der Waals surface area contributed by atoms with E-state index in [2.05, 4.69) is 5.32 Å². The van der Waals surface area contributed by atoms with E-state index in [4.69, 9.17) is 11.6 Å². The van der Waals surface area contributed by atoms with E-state index in [1.54, 1.807) is 16.8 Å². The number of rotatable bonds is 5. The largest absolute Gasteiger partial charge is 0.395 e. The molecule has 2 bridgehead atoms. The van der Waals surface area contributed by atoms with Crippen LogP contribution in [0.25, 0.3) is 10.9 Å². The number of amides is 1. The van der Waals surface area contributed by atoms with Crippen LogP contribution in [0.5, 0.6) is 0 Å². The van der Waals surface area contributed by atoms with Crippen molar-refractivity contribution in [2.75, 3.05) is 13.2 Å². The first-order valence-electron chi connectivity index (χ1n) is 9.38. The standard InChI is InChI=1S/C20H24ClFN2O2/c21-14-9-16(22)18-15(11-24(7-8-25)17(18)10-14)19(26)23-12-20-4-1-13(2-5-20)3-6-20/h9-11,13,25H,1-8,12H2,(H,23,26). The van der Waals surface area contributed by atoms with E-state index in [9.17, 15) is 14.3 Å². The molecule has 0 radical (unpaired) electrons. The summed E-state index contributed by atoms with van der Waals surface area (Å²) in [4.78, 5) is 12.8. The third kappa shape index (κ3) is 3.12. The Bertz CT molecular complexity index is 826. The van der Waals surface area contributed by atoms with E-state index in [1.807, 2.05) is 0 Å². The molecule has 140 valence electrons. The minimum Gasteiger partial charge on any atom is -0.395 e. The van der Waals surface area contributed by atoms with Gasteiger partial charge in [0.1, 0.15) is 5.82 Å². The fraction of sp³-hybridized carbons (Fsp3) is 0.550. The number of benzene rings is 1. The van der Waals surface area contributed by atoms with Gasteiger partial charge in [-0.3, -0.25) is 4.79 Å². The van der Waals surface area contributed by atoms with E-state index < -0.39 is 5.82 Å². The van der Waals surface area contributed by atoms with Crippen LogP contribution in [0.1, 0.15) is 48.9 Å². The van der Waals surface area contributed by atoms with Crippen LogP contribution in [-0.2, 0) is 6.54 Å². The maximum absolute atomic E-state index is 14.5. The van der Waals surface area contributed by atoms with Gasteiger partial charge in [0.15, 0.2) is 0 Å². The average Bonchev–Trinajstić information content (AvgIpc) is 3.00. The number of nitrogens with one attached hydrogen (secondary N) is 1. The van der Waals surface area contributed by atoms with Gasteiger partial charge in [-0.05, 0) is 62.0 Å². The monoisotopic (exact) mass is 378 g/mol. The Morgan fingerprint density at radius 3 is 2.65 bits per heavy atom. The van der Waals surface area contributed by atoms with Crippen molar-refractivity contribution >= 4 is 28.4 Å². The molecule has 1 aromatic carbocycles. The van der Waals surface area contributed by atoms with E-state index in [-0.39, 0.29) is 34.9 Å². The summed E-state index contributed by atoms with van der Waals surface area (Å²) in [6.07, 6.45) is 8.93. The van der Waals surface area contributed by atoms with Crippen molar-refractivity contribution in [3.8, 4) is 0 Å². The maximum atomic E-state index is 14.5. The van der Waals surface area contributed by atoms with Gasteiger partial charge in [-0.15, -0.1) is 0 Å². The Morgan fingerprint density at radius 2 is 2.00 bits per heavy atom. The SMILES string of the molecule is O=C(NCC12CCC(CC1)CC2)c1cn(CCO)c2cc(Cl)cc(F)c12. The van der Waals surface area contributed by atoms with Gasteiger partial charge in [0, 0.05) is 29.7 Å². The number of nitrogens with zero attached hydrogens (tertiary/aromatic N) is 1. The molecule has 3 fully saturated rings. The van der Waals surface area contributed by atoms with Gasteiger partial charge < -0.3 is 15.0 Å². The van der Waals surface area contributed by atoms with Crippen molar-refractivity contribution in [2.24, 2.45) is 11.3 Å². The van der Waals surface area contributed by atoms with Gasteiger partial charge in [-0.1, -0.05) is 11.6 Å². The van der Waals surface area contributed by atoms with E-state index in [1.165, 1.54) is 44.6 Å². The molecular formula is C20H24ClFN2O2. The van der Waals surface area contributed by atoms with Gasteiger partial charge in [0.05, 0.1) is 17.7 Å². The normalized spacial score (nSPS) is 25.0. The average molecular weight is 379 g/mol. The first-order chi connectivity index (χ1) is 12.5. The molecule has 2 aromatic rings. The molecule has 3 saturated carbocycles. The van der Waals surface area contributed by atoms with Crippen LogP contribution in [-0.4, -0.2) is 28.7 Å². The summed E-state index contributed by atoms with van der Waals surface area (Å²) >= 11 is 5.97. The van der Waals surface area contributed by atoms with Crippen molar-refractivity contribution in [3.63, 3.8) is 0 Å². The quantitative estimate of drug-likeness (QED) is 0.822. The molecule has 5 rings (SSSR count). The highest BCUT2D eigenvalue weighted by atomic mass is 35.5. The molecule has 26 heavy (non-hydrogen) atoms. The van der Waals surface area contributed by atoms with E-state index >= 15 is 0 Å². The van der Waals surface area contributed by atoms with Gasteiger partial charge in [-0.2, -0.15) is 0 Å². The van der Waals surface area contributed by atoms with Crippen molar-refractivity contribution < 1.29 is 14.3 Å². The van der Waals surface area contributed by atoms with Crippen molar-refractivity contribution in [2.45, 2.75) is 45.1 Å². The second kappa shape index (κ2) is 6.86. The molecule has 6 heteroatoms. The number of carbonyl (C=O) groups excluding carboxylic acids is 1. The second-order valence-corrected chi connectivity index (χ2v) is 8.34. The lowest BCUT2D eigenvalue weighted by atomic mass is 9.61. The summed E-state index contributed by atoms with van der Waals surface area (Å²) in [5, 5.41) is 12.9. The first-order valence-corrected chi connectivity index (χ1v) is 9.76. The number of aliphatic hydroxyl groups excluding tert-OH is 1.